The number of anilines is 2. The van der Waals surface area contributed by atoms with Crippen LogP contribution in [-0.2, 0) is 0 Å². The molecule has 0 aliphatic heterocycles. The Labute approximate surface area is 96.4 Å². The zero-order valence-electron chi connectivity index (χ0n) is 9.86. The van der Waals surface area contributed by atoms with E-state index in [1.807, 2.05) is 12.1 Å². The maximum Gasteiger partial charge on any atom is 0.121 e. The summed E-state index contributed by atoms with van der Waals surface area (Å²) in [5.74, 6) is 0.757. The molecule has 0 spiro atoms. The topological polar surface area (TPSA) is 67.5 Å². The van der Waals surface area contributed by atoms with Crippen molar-refractivity contribution in [2.24, 2.45) is 0 Å². The van der Waals surface area contributed by atoms with E-state index >= 15 is 0 Å². The smallest absolute Gasteiger partial charge is 0.121 e. The van der Waals surface area contributed by atoms with Gasteiger partial charge < -0.3 is 20.9 Å². The Morgan fingerprint density at radius 2 is 2.25 bits per heavy atom. The number of rotatable bonds is 6. The standard InChI is InChI=1S/C12H20N2O2/c1-9(15)4-3-7-14-12-6-5-10(16-2)8-11(12)13/h5-6,8-9,14-15H,3-4,7,13H2,1-2H3. The van der Waals surface area contributed by atoms with Crippen LogP contribution in [0.5, 0.6) is 5.75 Å². The molecule has 4 nitrogen and oxygen atoms in total. The minimum absolute atomic E-state index is 0.241. The summed E-state index contributed by atoms with van der Waals surface area (Å²) >= 11 is 0. The molecule has 0 aliphatic rings. The maximum atomic E-state index is 9.10. The Hall–Kier alpha value is -1.42. The Kier molecular flexibility index (Phi) is 4.92. The van der Waals surface area contributed by atoms with Gasteiger partial charge in [-0.15, -0.1) is 0 Å². The molecule has 0 amide bonds. The number of nitrogens with two attached hydrogens (primary N) is 1. The summed E-state index contributed by atoms with van der Waals surface area (Å²) in [7, 11) is 1.62. The van der Waals surface area contributed by atoms with E-state index < -0.39 is 0 Å². The predicted molar refractivity (Wildman–Crippen MR) is 66.8 cm³/mol. The Morgan fingerprint density at radius 1 is 1.50 bits per heavy atom. The largest absolute Gasteiger partial charge is 0.497 e. The average molecular weight is 224 g/mol. The highest BCUT2D eigenvalue weighted by Crippen LogP contribution is 2.23. The molecule has 1 rings (SSSR count). The lowest BCUT2D eigenvalue weighted by Gasteiger charge is -2.11. The molecule has 1 aromatic rings. The van der Waals surface area contributed by atoms with Gasteiger partial charge in [-0.05, 0) is 31.9 Å². The van der Waals surface area contributed by atoms with Crippen molar-refractivity contribution in [3.05, 3.63) is 18.2 Å². The van der Waals surface area contributed by atoms with Crippen LogP contribution < -0.4 is 15.8 Å². The van der Waals surface area contributed by atoms with Gasteiger partial charge in [0.15, 0.2) is 0 Å². The van der Waals surface area contributed by atoms with E-state index in [2.05, 4.69) is 5.32 Å². The van der Waals surface area contributed by atoms with Gasteiger partial charge in [-0.3, -0.25) is 0 Å². The van der Waals surface area contributed by atoms with Crippen molar-refractivity contribution in [2.75, 3.05) is 24.7 Å². The molecule has 16 heavy (non-hydrogen) atoms. The molecule has 1 atom stereocenters. The van der Waals surface area contributed by atoms with Crippen molar-refractivity contribution in [1.82, 2.24) is 0 Å². The van der Waals surface area contributed by atoms with Crippen molar-refractivity contribution < 1.29 is 9.84 Å². The van der Waals surface area contributed by atoms with Crippen LogP contribution in [0, 0.1) is 0 Å². The summed E-state index contributed by atoms with van der Waals surface area (Å²) in [6, 6.07) is 5.56. The fourth-order valence-electron chi connectivity index (χ4n) is 1.45. The number of aliphatic hydroxyl groups is 1. The molecule has 0 saturated carbocycles. The van der Waals surface area contributed by atoms with Crippen LogP contribution in [0.25, 0.3) is 0 Å². The van der Waals surface area contributed by atoms with E-state index in [0.717, 1.165) is 30.8 Å². The summed E-state index contributed by atoms with van der Waals surface area (Å²) in [6.07, 6.45) is 1.47. The Morgan fingerprint density at radius 3 is 2.81 bits per heavy atom. The van der Waals surface area contributed by atoms with E-state index in [0.29, 0.717) is 5.69 Å². The summed E-state index contributed by atoms with van der Waals surface area (Å²) in [6.45, 7) is 2.60. The van der Waals surface area contributed by atoms with Crippen molar-refractivity contribution in [3.8, 4) is 5.75 Å². The van der Waals surface area contributed by atoms with E-state index in [1.54, 1.807) is 20.1 Å². The fourth-order valence-corrected chi connectivity index (χ4v) is 1.45. The van der Waals surface area contributed by atoms with Crippen LogP contribution in [0.2, 0.25) is 0 Å². The van der Waals surface area contributed by atoms with Gasteiger partial charge in [0.05, 0.1) is 24.6 Å². The Balaban J connectivity index is 2.42. The van der Waals surface area contributed by atoms with E-state index in [-0.39, 0.29) is 6.10 Å². The van der Waals surface area contributed by atoms with Gasteiger partial charge >= 0.3 is 0 Å². The third-order valence-corrected chi connectivity index (χ3v) is 2.37. The molecule has 90 valence electrons. The summed E-state index contributed by atoms with van der Waals surface area (Å²) < 4.78 is 5.07. The van der Waals surface area contributed by atoms with Crippen LogP contribution in [0.4, 0.5) is 11.4 Å². The molecule has 0 aromatic heterocycles. The first kappa shape index (κ1) is 12.6. The van der Waals surface area contributed by atoms with Crippen molar-refractivity contribution in [3.63, 3.8) is 0 Å². The molecule has 4 heteroatoms. The highest BCUT2D eigenvalue weighted by Gasteiger charge is 2.01. The number of ether oxygens (including phenoxy) is 1. The molecule has 1 unspecified atom stereocenters. The minimum Gasteiger partial charge on any atom is -0.497 e. The molecule has 0 bridgehead atoms. The molecular weight excluding hydrogens is 204 g/mol. The van der Waals surface area contributed by atoms with Crippen molar-refractivity contribution >= 4 is 11.4 Å². The number of aliphatic hydroxyl groups excluding tert-OH is 1. The second kappa shape index (κ2) is 6.23. The van der Waals surface area contributed by atoms with Gasteiger partial charge in [0.25, 0.3) is 0 Å². The normalized spacial score (nSPS) is 12.2. The average Bonchev–Trinajstić information content (AvgIpc) is 2.25. The van der Waals surface area contributed by atoms with Gasteiger partial charge in [-0.2, -0.15) is 0 Å². The highest BCUT2D eigenvalue weighted by molar-refractivity contribution is 5.68. The van der Waals surface area contributed by atoms with Crippen LogP contribution >= 0.6 is 0 Å². The van der Waals surface area contributed by atoms with Crippen LogP contribution in [0.3, 0.4) is 0 Å². The van der Waals surface area contributed by atoms with Gasteiger partial charge in [-0.1, -0.05) is 0 Å². The zero-order valence-corrected chi connectivity index (χ0v) is 9.86. The zero-order chi connectivity index (χ0) is 12.0. The molecule has 0 aliphatic carbocycles. The summed E-state index contributed by atoms with van der Waals surface area (Å²) in [5, 5.41) is 12.3. The second-order valence-electron chi connectivity index (χ2n) is 3.87. The van der Waals surface area contributed by atoms with E-state index in [9.17, 15) is 0 Å². The van der Waals surface area contributed by atoms with Crippen LogP contribution in [-0.4, -0.2) is 24.9 Å². The summed E-state index contributed by atoms with van der Waals surface area (Å²) in [4.78, 5) is 0. The maximum absolute atomic E-state index is 9.10. The molecule has 4 N–H and O–H groups in total. The molecule has 0 saturated heterocycles. The highest BCUT2D eigenvalue weighted by atomic mass is 16.5. The lowest BCUT2D eigenvalue weighted by molar-refractivity contribution is 0.183. The number of hydrogen-bond donors (Lipinski definition) is 3. The quantitative estimate of drug-likeness (QED) is 0.509. The SMILES string of the molecule is COc1ccc(NCCCC(C)O)c(N)c1. The summed E-state index contributed by atoms with van der Waals surface area (Å²) in [5.41, 5.74) is 7.43. The third kappa shape index (κ3) is 3.98. The van der Waals surface area contributed by atoms with Gasteiger partial charge in [0.2, 0.25) is 0 Å². The number of hydrogen-bond acceptors (Lipinski definition) is 4. The molecule has 0 fully saturated rings. The van der Waals surface area contributed by atoms with Gasteiger partial charge in [0.1, 0.15) is 5.75 Å². The Bertz CT molecular complexity index is 327. The first-order valence-corrected chi connectivity index (χ1v) is 5.49. The minimum atomic E-state index is -0.241. The third-order valence-electron chi connectivity index (χ3n) is 2.37. The first-order chi connectivity index (χ1) is 7.63. The monoisotopic (exact) mass is 224 g/mol. The van der Waals surface area contributed by atoms with Crippen LogP contribution in [0.15, 0.2) is 18.2 Å². The van der Waals surface area contributed by atoms with Gasteiger partial charge in [-0.25, -0.2) is 0 Å². The first-order valence-electron chi connectivity index (χ1n) is 5.49. The fraction of sp³-hybridized carbons (Fsp3) is 0.500. The van der Waals surface area contributed by atoms with E-state index in [1.165, 1.54) is 0 Å². The number of nitrogen functional groups attached to an aromatic ring is 1. The number of benzene rings is 1. The molecule has 0 radical (unpaired) electrons. The lowest BCUT2D eigenvalue weighted by atomic mass is 10.2. The molecule has 0 heterocycles. The van der Waals surface area contributed by atoms with Crippen molar-refractivity contribution in [1.29, 1.82) is 0 Å². The van der Waals surface area contributed by atoms with Crippen LogP contribution in [0.1, 0.15) is 19.8 Å². The number of methoxy groups -OCH3 is 1. The van der Waals surface area contributed by atoms with Gasteiger partial charge in [0, 0.05) is 12.6 Å². The lowest BCUT2D eigenvalue weighted by Crippen LogP contribution is -2.07. The van der Waals surface area contributed by atoms with Crippen molar-refractivity contribution in [2.45, 2.75) is 25.9 Å². The second-order valence-corrected chi connectivity index (χ2v) is 3.87. The predicted octanol–water partition coefficient (Wildman–Crippen LogP) is 1.85. The molecule has 1 aromatic carbocycles. The molecular formula is C12H20N2O2. The number of nitrogens with one attached hydrogen (secondary N) is 1. The van der Waals surface area contributed by atoms with E-state index in [4.69, 9.17) is 15.6 Å².